The van der Waals surface area contributed by atoms with Gasteiger partial charge in [0.25, 0.3) is 5.91 Å². The molecule has 0 bridgehead atoms. The van der Waals surface area contributed by atoms with Crippen LogP contribution in [0.2, 0.25) is 0 Å². The van der Waals surface area contributed by atoms with Crippen molar-refractivity contribution in [2.75, 3.05) is 31.1 Å². The number of amides is 1. The van der Waals surface area contributed by atoms with Gasteiger partial charge in [0.2, 0.25) is 0 Å². The summed E-state index contributed by atoms with van der Waals surface area (Å²) in [4.78, 5) is 20.7. The van der Waals surface area contributed by atoms with Crippen molar-refractivity contribution >= 4 is 22.5 Å². The first-order valence-corrected chi connectivity index (χ1v) is 9.24. The maximum atomic E-state index is 13.0. The van der Waals surface area contributed by atoms with Crippen molar-refractivity contribution in [1.29, 1.82) is 0 Å². The van der Waals surface area contributed by atoms with Crippen molar-refractivity contribution in [2.24, 2.45) is 0 Å². The Balaban J connectivity index is 1.51. The highest BCUT2D eigenvalue weighted by Crippen LogP contribution is 2.26. The van der Waals surface area contributed by atoms with Gasteiger partial charge in [-0.05, 0) is 49.6 Å². The molecule has 4 heteroatoms. The second kappa shape index (κ2) is 6.52. The van der Waals surface area contributed by atoms with Crippen molar-refractivity contribution < 1.29 is 4.79 Å². The van der Waals surface area contributed by atoms with E-state index in [0.29, 0.717) is 0 Å². The number of nitrogens with one attached hydrogen (secondary N) is 1. The zero-order valence-corrected chi connectivity index (χ0v) is 15.7. The molecule has 4 nitrogen and oxygen atoms in total. The van der Waals surface area contributed by atoms with E-state index in [9.17, 15) is 4.79 Å². The van der Waals surface area contributed by atoms with Gasteiger partial charge in [-0.25, -0.2) is 0 Å². The van der Waals surface area contributed by atoms with E-state index in [2.05, 4.69) is 48.0 Å². The van der Waals surface area contributed by atoms with Crippen LogP contribution in [0.1, 0.15) is 27.2 Å². The van der Waals surface area contributed by atoms with Crippen LogP contribution in [0.15, 0.2) is 42.5 Å². The van der Waals surface area contributed by atoms with Crippen LogP contribution < -0.4 is 4.90 Å². The number of piperazine rings is 1. The lowest BCUT2D eigenvalue weighted by atomic mass is 10.1. The molecule has 4 rings (SSSR count). The molecule has 0 atom stereocenters. The van der Waals surface area contributed by atoms with Crippen LogP contribution in [-0.4, -0.2) is 42.0 Å². The molecule has 3 aromatic rings. The quantitative estimate of drug-likeness (QED) is 0.759. The third kappa shape index (κ3) is 2.75. The van der Waals surface area contributed by atoms with Crippen molar-refractivity contribution in [1.82, 2.24) is 9.88 Å². The van der Waals surface area contributed by atoms with Gasteiger partial charge in [-0.1, -0.05) is 30.3 Å². The van der Waals surface area contributed by atoms with Crippen LogP contribution in [0.25, 0.3) is 10.9 Å². The van der Waals surface area contributed by atoms with Gasteiger partial charge < -0.3 is 14.8 Å². The van der Waals surface area contributed by atoms with Gasteiger partial charge in [0.15, 0.2) is 0 Å². The van der Waals surface area contributed by atoms with Crippen molar-refractivity contribution in [3.05, 3.63) is 64.8 Å². The average Bonchev–Trinajstić information content (AvgIpc) is 3.01. The lowest BCUT2D eigenvalue weighted by Crippen LogP contribution is -2.49. The van der Waals surface area contributed by atoms with Crippen LogP contribution in [-0.2, 0) is 0 Å². The number of para-hydroxylation sites is 1. The minimum Gasteiger partial charge on any atom is -0.368 e. The van der Waals surface area contributed by atoms with Crippen molar-refractivity contribution in [2.45, 2.75) is 20.8 Å². The Morgan fingerprint density at radius 1 is 0.885 bits per heavy atom. The van der Waals surface area contributed by atoms with E-state index in [4.69, 9.17) is 0 Å². The Morgan fingerprint density at radius 2 is 1.62 bits per heavy atom. The average molecular weight is 347 g/mol. The van der Waals surface area contributed by atoms with Gasteiger partial charge in [-0.2, -0.15) is 0 Å². The molecule has 2 heterocycles. The molecule has 1 N–H and O–H groups in total. The number of hydrogen-bond acceptors (Lipinski definition) is 2. The molecule has 1 fully saturated rings. The highest BCUT2D eigenvalue weighted by Gasteiger charge is 2.25. The second-order valence-corrected chi connectivity index (χ2v) is 7.17. The fourth-order valence-corrected chi connectivity index (χ4v) is 3.88. The molecule has 2 aromatic carbocycles. The molecule has 26 heavy (non-hydrogen) atoms. The third-order valence-corrected chi connectivity index (χ3v) is 5.66. The van der Waals surface area contributed by atoms with Crippen LogP contribution in [0.5, 0.6) is 0 Å². The Bertz CT molecular complexity index is 965. The van der Waals surface area contributed by atoms with Crippen LogP contribution in [0.3, 0.4) is 0 Å². The number of benzene rings is 2. The summed E-state index contributed by atoms with van der Waals surface area (Å²) in [7, 11) is 0. The molecule has 0 unspecified atom stereocenters. The number of carbonyl (C=O) groups is 1. The van der Waals surface area contributed by atoms with E-state index in [1.54, 1.807) is 0 Å². The summed E-state index contributed by atoms with van der Waals surface area (Å²) >= 11 is 0. The van der Waals surface area contributed by atoms with E-state index in [0.717, 1.165) is 48.3 Å². The van der Waals surface area contributed by atoms with Gasteiger partial charge in [-0.15, -0.1) is 0 Å². The largest absolute Gasteiger partial charge is 0.368 e. The van der Waals surface area contributed by atoms with E-state index in [-0.39, 0.29) is 5.91 Å². The molecule has 0 spiro atoms. The summed E-state index contributed by atoms with van der Waals surface area (Å²) in [5.41, 5.74) is 6.74. The summed E-state index contributed by atoms with van der Waals surface area (Å²) in [6.07, 6.45) is 0. The number of carbonyl (C=O) groups excluding carboxylic acids is 1. The Morgan fingerprint density at radius 3 is 2.35 bits per heavy atom. The number of hydrogen-bond donors (Lipinski definition) is 1. The number of aromatic amines is 1. The molecule has 1 aromatic heterocycles. The molecule has 1 aliphatic heterocycles. The zero-order valence-electron chi connectivity index (χ0n) is 15.7. The number of nitrogens with zero attached hydrogens (tertiary/aromatic N) is 2. The zero-order chi connectivity index (χ0) is 18.3. The summed E-state index contributed by atoms with van der Waals surface area (Å²) in [6, 6.07) is 14.5. The molecule has 1 amide bonds. The topological polar surface area (TPSA) is 39.3 Å². The van der Waals surface area contributed by atoms with E-state index in [1.165, 1.54) is 16.8 Å². The number of aromatic nitrogens is 1. The van der Waals surface area contributed by atoms with Crippen LogP contribution in [0, 0.1) is 20.8 Å². The number of aryl methyl sites for hydroxylation is 2. The first-order valence-electron chi connectivity index (χ1n) is 9.24. The van der Waals surface area contributed by atoms with Crippen molar-refractivity contribution in [3.63, 3.8) is 0 Å². The minimum atomic E-state index is 0.110. The van der Waals surface area contributed by atoms with Gasteiger partial charge in [0.05, 0.1) is 0 Å². The van der Waals surface area contributed by atoms with Crippen LogP contribution >= 0.6 is 0 Å². The maximum Gasteiger partial charge on any atom is 0.270 e. The first kappa shape index (κ1) is 16.7. The predicted molar refractivity (Wildman–Crippen MR) is 107 cm³/mol. The number of anilines is 1. The van der Waals surface area contributed by atoms with Crippen LogP contribution in [0.4, 0.5) is 5.69 Å². The molecular weight excluding hydrogens is 322 g/mol. The van der Waals surface area contributed by atoms with Gasteiger partial charge >= 0.3 is 0 Å². The maximum absolute atomic E-state index is 13.0. The molecular formula is C22H25N3O. The van der Waals surface area contributed by atoms with Gasteiger partial charge in [0.1, 0.15) is 5.69 Å². The summed E-state index contributed by atoms with van der Waals surface area (Å²) < 4.78 is 0. The summed E-state index contributed by atoms with van der Waals surface area (Å²) in [5.74, 6) is 0.110. The summed E-state index contributed by atoms with van der Waals surface area (Å²) in [6.45, 7) is 9.60. The van der Waals surface area contributed by atoms with E-state index in [1.807, 2.05) is 30.0 Å². The monoisotopic (exact) mass is 347 g/mol. The molecule has 134 valence electrons. The highest BCUT2D eigenvalue weighted by molar-refractivity contribution is 6.01. The predicted octanol–water partition coefficient (Wildman–Crippen LogP) is 4.06. The molecule has 1 aliphatic rings. The number of H-pyrrole nitrogens is 1. The lowest BCUT2D eigenvalue weighted by Gasteiger charge is -2.37. The number of fused-ring (bicyclic) bond motifs is 1. The Labute approximate surface area is 154 Å². The smallest absolute Gasteiger partial charge is 0.270 e. The van der Waals surface area contributed by atoms with E-state index >= 15 is 0 Å². The lowest BCUT2D eigenvalue weighted by molar-refractivity contribution is 0.0741. The third-order valence-electron chi connectivity index (χ3n) is 5.66. The van der Waals surface area contributed by atoms with Gasteiger partial charge in [-0.3, -0.25) is 4.79 Å². The highest BCUT2D eigenvalue weighted by atomic mass is 16.2. The van der Waals surface area contributed by atoms with Crippen molar-refractivity contribution in [3.8, 4) is 0 Å². The molecule has 0 radical (unpaired) electrons. The fourth-order valence-electron chi connectivity index (χ4n) is 3.88. The minimum absolute atomic E-state index is 0.110. The number of rotatable bonds is 2. The molecule has 0 saturated carbocycles. The molecule has 0 aliphatic carbocycles. The fraction of sp³-hybridized carbons (Fsp3) is 0.318. The SMILES string of the molecule is Cc1cccc(N2CCN(C(=O)c3[nH]c4ccccc4c3C)CC2)c1C. The second-order valence-electron chi connectivity index (χ2n) is 7.17. The first-order chi connectivity index (χ1) is 12.6. The van der Waals surface area contributed by atoms with Gasteiger partial charge in [0, 0.05) is 42.8 Å². The standard InChI is InChI=1S/C22H25N3O/c1-15-7-6-10-20(16(15)2)24-11-13-25(14-12-24)22(26)21-17(3)18-8-4-5-9-19(18)23-21/h4-10,23H,11-14H2,1-3H3. The van der Waals surface area contributed by atoms with E-state index < -0.39 is 0 Å². The molecule has 1 saturated heterocycles. The summed E-state index contributed by atoms with van der Waals surface area (Å²) in [5, 5.41) is 1.13. The Hall–Kier alpha value is -2.75. The Kier molecular flexibility index (Phi) is 4.19. The normalized spacial score (nSPS) is 14.9.